The highest BCUT2D eigenvalue weighted by molar-refractivity contribution is 4.97. The second-order valence-electron chi connectivity index (χ2n) is 4.45. The summed E-state index contributed by atoms with van der Waals surface area (Å²) in [6.07, 6.45) is 3.67. The van der Waals surface area contributed by atoms with Gasteiger partial charge in [0.05, 0.1) is 6.10 Å². The monoisotopic (exact) mass is 186 g/mol. The largest absolute Gasteiger partial charge is 0.392 e. The minimum Gasteiger partial charge on any atom is -0.392 e. The number of hydrogen-bond acceptors (Lipinski definition) is 3. The number of hydrogen-bond donors (Lipinski definition) is 2. The van der Waals surface area contributed by atoms with Gasteiger partial charge in [0, 0.05) is 18.6 Å². The predicted octanol–water partition coefficient (Wildman–Crippen LogP) is 0.441. The van der Waals surface area contributed by atoms with Crippen molar-refractivity contribution in [3.05, 3.63) is 0 Å². The van der Waals surface area contributed by atoms with Crippen LogP contribution < -0.4 is 5.32 Å². The van der Waals surface area contributed by atoms with E-state index in [2.05, 4.69) is 24.3 Å². The Hall–Kier alpha value is -0.120. The molecular weight excluding hydrogens is 164 g/mol. The van der Waals surface area contributed by atoms with Crippen molar-refractivity contribution in [3.8, 4) is 0 Å². The Balaban J connectivity index is 2.24. The summed E-state index contributed by atoms with van der Waals surface area (Å²) >= 11 is 0. The van der Waals surface area contributed by atoms with Gasteiger partial charge < -0.3 is 15.3 Å². The molecule has 3 heteroatoms. The fourth-order valence-electron chi connectivity index (χ4n) is 1.88. The van der Waals surface area contributed by atoms with Crippen molar-refractivity contribution in [1.82, 2.24) is 10.2 Å². The molecule has 13 heavy (non-hydrogen) atoms. The van der Waals surface area contributed by atoms with Gasteiger partial charge in [-0.2, -0.15) is 0 Å². The van der Waals surface area contributed by atoms with Gasteiger partial charge in [0.25, 0.3) is 0 Å². The third-order valence-electron chi connectivity index (χ3n) is 3.13. The summed E-state index contributed by atoms with van der Waals surface area (Å²) in [6, 6.07) is 0. The van der Waals surface area contributed by atoms with Gasteiger partial charge in [0.1, 0.15) is 0 Å². The zero-order valence-electron chi connectivity index (χ0n) is 9.01. The van der Waals surface area contributed by atoms with Crippen LogP contribution in [0.3, 0.4) is 0 Å². The molecule has 0 aliphatic heterocycles. The molecule has 0 aromatic heterocycles. The maximum absolute atomic E-state index is 9.10. The van der Waals surface area contributed by atoms with E-state index in [0.717, 1.165) is 6.54 Å². The van der Waals surface area contributed by atoms with Gasteiger partial charge in [0.15, 0.2) is 0 Å². The molecule has 0 heterocycles. The summed E-state index contributed by atoms with van der Waals surface area (Å²) in [5, 5.41) is 12.4. The van der Waals surface area contributed by atoms with Gasteiger partial charge in [0.2, 0.25) is 0 Å². The molecule has 0 unspecified atom stereocenters. The molecule has 1 aliphatic rings. The van der Waals surface area contributed by atoms with E-state index in [0.29, 0.717) is 12.1 Å². The number of likely N-dealkylation sites (N-methyl/N-ethyl adjacent to an activating group) is 1. The maximum Gasteiger partial charge on any atom is 0.0636 e. The molecule has 0 bridgehead atoms. The number of nitrogens with zero attached hydrogens (tertiary/aromatic N) is 1. The van der Waals surface area contributed by atoms with Crippen molar-refractivity contribution in [2.45, 2.75) is 37.8 Å². The second kappa shape index (κ2) is 4.40. The van der Waals surface area contributed by atoms with Gasteiger partial charge >= 0.3 is 0 Å². The lowest BCUT2D eigenvalue weighted by atomic mass is 9.75. The molecular formula is C10H22N2O. The standard InChI is InChI=1S/C10H22N2O/c1-9(13)7-11-8-10(12(2)3)5-4-6-10/h9,11,13H,4-8H2,1-3H3/t9-/m1/s1. The van der Waals surface area contributed by atoms with Crippen LogP contribution in [0.15, 0.2) is 0 Å². The fourth-order valence-corrected chi connectivity index (χ4v) is 1.88. The Bertz CT molecular complexity index is 153. The smallest absolute Gasteiger partial charge is 0.0636 e. The summed E-state index contributed by atoms with van der Waals surface area (Å²) in [5.41, 5.74) is 0.370. The van der Waals surface area contributed by atoms with Crippen LogP contribution in [0.25, 0.3) is 0 Å². The predicted molar refractivity (Wildman–Crippen MR) is 54.8 cm³/mol. The average molecular weight is 186 g/mol. The number of aliphatic hydroxyl groups is 1. The van der Waals surface area contributed by atoms with Gasteiger partial charge in [-0.3, -0.25) is 0 Å². The van der Waals surface area contributed by atoms with Crippen molar-refractivity contribution in [2.24, 2.45) is 0 Å². The lowest BCUT2D eigenvalue weighted by Crippen LogP contribution is -2.56. The quantitative estimate of drug-likeness (QED) is 0.654. The Morgan fingerprint density at radius 2 is 2.08 bits per heavy atom. The highest BCUT2D eigenvalue weighted by Crippen LogP contribution is 2.35. The van der Waals surface area contributed by atoms with E-state index < -0.39 is 0 Å². The van der Waals surface area contributed by atoms with Crippen molar-refractivity contribution in [1.29, 1.82) is 0 Å². The molecule has 0 saturated heterocycles. The van der Waals surface area contributed by atoms with E-state index in [4.69, 9.17) is 5.11 Å². The van der Waals surface area contributed by atoms with E-state index in [1.165, 1.54) is 19.3 Å². The van der Waals surface area contributed by atoms with Crippen LogP contribution in [-0.2, 0) is 0 Å². The van der Waals surface area contributed by atoms with Gasteiger partial charge in [-0.1, -0.05) is 0 Å². The van der Waals surface area contributed by atoms with Crippen LogP contribution in [0.1, 0.15) is 26.2 Å². The molecule has 3 nitrogen and oxygen atoms in total. The Morgan fingerprint density at radius 3 is 2.38 bits per heavy atom. The average Bonchev–Trinajstić information content (AvgIpc) is 1.93. The maximum atomic E-state index is 9.10. The number of aliphatic hydroxyl groups excluding tert-OH is 1. The second-order valence-corrected chi connectivity index (χ2v) is 4.45. The van der Waals surface area contributed by atoms with Crippen LogP contribution in [-0.4, -0.2) is 48.8 Å². The van der Waals surface area contributed by atoms with E-state index in [1.54, 1.807) is 0 Å². The highest BCUT2D eigenvalue weighted by Gasteiger charge is 2.38. The summed E-state index contributed by atoms with van der Waals surface area (Å²) in [7, 11) is 4.28. The Labute approximate surface area is 81.1 Å². The molecule has 1 aliphatic carbocycles. The van der Waals surface area contributed by atoms with Crippen LogP contribution >= 0.6 is 0 Å². The van der Waals surface area contributed by atoms with E-state index in [-0.39, 0.29) is 6.10 Å². The van der Waals surface area contributed by atoms with Crippen molar-refractivity contribution in [2.75, 3.05) is 27.2 Å². The molecule has 1 saturated carbocycles. The van der Waals surface area contributed by atoms with Gasteiger partial charge in [-0.25, -0.2) is 0 Å². The number of rotatable bonds is 5. The topological polar surface area (TPSA) is 35.5 Å². The summed E-state index contributed by atoms with van der Waals surface area (Å²) < 4.78 is 0. The Kier molecular flexibility index (Phi) is 3.71. The molecule has 1 rings (SSSR count). The first-order valence-corrected chi connectivity index (χ1v) is 5.13. The molecule has 1 fully saturated rings. The van der Waals surface area contributed by atoms with Crippen LogP contribution in [0, 0.1) is 0 Å². The molecule has 2 N–H and O–H groups in total. The Morgan fingerprint density at radius 1 is 1.46 bits per heavy atom. The van der Waals surface area contributed by atoms with Crippen LogP contribution in [0.5, 0.6) is 0 Å². The zero-order valence-corrected chi connectivity index (χ0v) is 9.01. The normalized spacial score (nSPS) is 22.8. The van der Waals surface area contributed by atoms with Crippen molar-refractivity contribution < 1.29 is 5.11 Å². The highest BCUT2D eigenvalue weighted by atomic mass is 16.3. The molecule has 0 aromatic rings. The SMILES string of the molecule is C[C@@H](O)CNCC1(N(C)C)CCC1. The van der Waals surface area contributed by atoms with E-state index in [1.807, 2.05) is 6.92 Å². The lowest BCUT2D eigenvalue weighted by Gasteiger charge is -2.47. The third kappa shape index (κ3) is 2.66. The molecule has 0 radical (unpaired) electrons. The third-order valence-corrected chi connectivity index (χ3v) is 3.13. The molecule has 0 spiro atoms. The number of nitrogens with one attached hydrogen (secondary N) is 1. The van der Waals surface area contributed by atoms with E-state index in [9.17, 15) is 0 Å². The van der Waals surface area contributed by atoms with Crippen LogP contribution in [0.4, 0.5) is 0 Å². The summed E-state index contributed by atoms with van der Waals surface area (Å²) in [4.78, 5) is 2.31. The summed E-state index contributed by atoms with van der Waals surface area (Å²) in [6.45, 7) is 3.52. The summed E-state index contributed by atoms with van der Waals surface area (Å²) in [5.74, 6) is 0. The molecule has 78 valence electrons. The zero-order chi connectivity index (χ0) is 9.90. The first-order valence-electron chi connectivity index (χ1n) is 5.13. The minimum absolute atomic E-state index is 0.237. The van der Waals surface area contributed by atoms with Gasteiger partial charge in [-0.15, -0.1) is 0 Å². The first kappa shape index (κ1) is 11.0. The lowest BCUT2D eigenvalue weighted by molar-refractivity contribution is 0.0565. The first-order chi connectivity index (χ1) is 6.07. The fraction of sp³-hybridized carbons (Fsp3) is 1.00. The van der Waals surface area contributed by atoms with Crippen LogP contribution in [0.2, 0.25) is 0 Å². The molecule has 0 amide bonds. The van der Waals surface area contributed by atoms with Crippen molar-refractivity contribution in [3.63, 3.8) is 0 Å². The van der Waals surface area contributed by atoms with Crippen molar-refractivity contribution >= 4 is 0 Å². The van der Waals surface area contributed by atoms with E-state index >= 15 is 0 Å². The molecule has 0 aromatic carbocycles. The molecule has 1 atom stereocenters. The van der Waals surface area contributed by atoms with Gasteiger partial charge in [-0.05, 0) is 40.3 Å². The minimum atomic E-state index is -0.237.